The third-order valence-electron chi connectivity index (χ3n) is 2.75. The third kappa shape index (κ3) is 14.3. The summed E-state index contributed by atoms with van der Waals surface area (Å²) in [7, 11) is 0. The minimum absolute atomic E-state index is 0.258. The lowest BCUT2D eigenvalue weighted by molar-refractivity contribution is 0.0273. The molecule has 0 aliphatic heterocycles. The maximum Gasteiger partial charge on any atom is 0.0908 e. The monoisotopic (exact) mass is 280 g/mol. The molecule has 0 amide bonds. The summed E-state index contributed by atoms with van der Waals surface area (Å²) in [4.78, 5) is 0. The van der Waals surface area contributed by atoms with Crippen LogP contribution in [0, 0.1) is 5.92 Å². The highest BCUT2D eigenvalue weighted by Gasteiger charge is 2.09. The highest BCUT2D eigenvalue weighted by atomic mass is 35.5. The van der Waals surface area contributed by atoms with E-state index in [0.29, 0.717) is 12.5 Å². The molecular weight excluding hydrogens is 248 g/mol. The molecule has 1 N–H and O–H groups in total. The first-order valence-electron chi connectivity index (χ1n) is 7.56. The summed E-state index contributed by atoms with van der Waals surface area (Å²) in [6.45, 7) is 9.57. The molecule has 0 rings (SSSR count). The van der Waals surface area contributed by atoms with Crippen molar-refractivity contribution in [2.45, 2.75) is 72.3 Å². The lowest BCUT2D eigenvalue weighted by atomic mass is 9.97. The van der Waals surface area contributed by atoms with Crippen molar-refractivity contribution in [2.24, 2.45) is 5.92 Å². The summed E-state index contributed by atoms with van der Waals surface area (Å²) in [5, 5.41) is 9.26. The second-order valence-electron chi connectivity index (χ2n) is 4.50. The van der Waals surface area contributed by atoms with Crippen LogP contribution in [0.5, 0.6) is 0 Å². The number of rotatable bonds is 11. The predicted molar refractivity (Wildman–Crippen MR) is 81.4 cm³/mol. The van der Waals surface area contributed by atoms with Crippen LogP contribution in [0.1, 0.15) is 66.2 Å². The second kappa shape index (κ2) is 17.2. The molecule has 18 heavy (non-hydrogen) atoms. The Balaban J connectivity index is 0. The molecule has 0 aliphatic carbocycles. The van der Waals surface area contributed by atoms with Gasteiger partial charge in [0.25, 0.3) is 0 Å². The van der Waals surface area contributed by atoms with Gasteiger partial charge in [-0.05, 0) is 18.8 Å². The van der Waals surface area contributed by atoms with E-state index in [1.54, 1.807) is 0 Å². The maximum absolute atomic E-state index is 9.26. The van der Waals surface area contributed by atoms with E-state index < -0.39 is 6.10 Å². The SMILES string of the molecule is CC.CCCCCC(CCC)COCC(O)CCl. The first-order chi connectivity index (χ1) is 8.74. The lowest BCUT2D eigenvalue weighted by Crippen LogP contribution is -2.20. The highest BCUT2D eigenvalue weighted by Crippen LogP contribution is 2.16. The number of alkyl halides is 1. The molecule has 0 spiro atoms. The van der Waals surface area contributed by atoms with Gasteiger partial charge in [-0.1, -0.05) is 53.4 Å². The molecule has 0 saturated carbocycles. The molecule has 2 atom stereocenters. The van der Waals surface area contributed by atoms with Crippen LogP contribution in [0.25, 0.3) is 0 Å². The molecule has 2 nitrogen and oxygen atoms in total. The molecule has 0 aromatic carbocycles. The fourth-order valence-corrected chi connectivity index (χ4v) is 1.91. The molecule has 3 heteroatoms. The first kappa shape index (κ1) is 20.5. The Labute approximate surface area is 119 Å². The topological polar surface area (TPSA) is 29.5 Å². The Kier molecular flexibility index (Phi) is 19.6. The van der Waals surface area contributed by atoms with Crippen molar-refractivity contribution >= 4 is 11.6 Å². The zero-order chi connectivity index (χ0) is 14.2. The van der Waals surface area contributed by atoms with Gasteiger partial charge in [-0.15, -0.1) is 11.6 Å². The first-order valence-corrected chi connectivity index (χ1v) is 8.09. The number of hydrogen-bond acceptors (Lipinski definition) is 2. The smallest absolute Gasteiger partial charge is 0.0908 e. The Bertz CT molecular complexity index is 142. The summed E-state index contributed by atoms with van der Waals surface area (Å²) in [6.07, 6.45) is 7.04. The van der Waals surface area contributed by atoms with E-state index in [2.05, 4.69) is 13.8 Å². The van der Waals surface area contributed by atoms with Crippen molar-refractivity contribution in [1.29, 1.82) is 0 Å². The number of hydrogen-bond donors (Lipinski definition) is 1. The van der Waals surface area contributed by atoms with Crippen LogP contribution >= 0.6 is 11.6 Å². The van der Waals surface area contributed by atoms with Crippen LogP contribution in [-0.4, -0.2) is 30.3 Å². The van der Waals surface area contributed by atoms with Crippen molar-refractivity contribution < 1.29 is 9.84 Å². The van der Waals surface area contributed by atoms with E-state index in [9.17, 15) is 5.11 Å². The molecule has 0 radical (unpaired) electrons. The molecule has 0 bridgehead atoms. The van der Waals surface area contributed by atoms with Crippen molar-refractivity contribution in [3.63, 3.8) is 0 Å². The molecule has 0 aliphatic rings. The molecule has 0 fully saturated rings. The van der Waals surface area contributed by atoms with Gasteiger partial charge >= 0.3 is 0 Å². The number of aliphatic hydroxyl groups is 1. The molecular formula is C15H33ClO2. The summed E-state index contributed by atoms with van der Waals surface area (Å²) < 4.78 is 5.50. The standard InChI is InChI=1S/C13H27ClO2.C2H6/c1-3-5-6-8-12(7-4-2)10-16-11-13(15)9-14;1-2/h12-13,15H,3-11H2,1-2H3;1-2H3. The largest absolute Gasteiger partial charge is 0.389 e. The molecule has 2 unspecified atom stereocenters. The Morgan fingerprint density at radius 3 is 2.17 bits per heavy atom. The average Bonchev–Trinajstić information content (AvgIpc) is 2.41. The van der Waals surface area contributed by atoms with Gasteiger partial charge < -0.3 is 9.84 Å². The summed E-state index contributed by atoms with van der Waals surface area (Å²) in [5.74, 6) is 0.910. The summed E-state index contributed by atoms with van der Waals surface area (Å²) >= 11 is 5.50. The van der Waals surface area contributed by atoms with Crippen LogP contribution in [-0.2, 0) is 4.74 Å². The van der Waals surface area contributed by atoms with Crippen LogP contribution in [0.4, 0.5) is 0 Å². The minimum Gasteiger partial charge on any atom is -0.389 e. The van der Waals surface area contributed by atoms with Crippen molar-refractivity contribution in [3.05, 3.63) is 0 Å². The van der Waals surface area contributed by atoms with Crippen molar-refractivity contribution in [1.82, 2.24) is 0 Å². The van der Waals surface area contributed by atoms with Crippen molar-refractivity contribution in [3.8, 4) is 0 Å². The highest BCUT2D eigenvalue weighted by molar-refractivity contribution is 6.18. The maximum atomic E-state index is 9.26. The fourth-order valence-electron chi connectivity index (χ4n) is 1.82. The zero-order valence-corrected chi connectivity index (χ0v) is 13.5. The van der Waals surface area contributed by atoms with Gasteiger partial charge in [-0.3, -0.25) is 0 Å². The Morgan fingerprint density at radius 1 is 1.00 bits per heavy atom. The quantitative estimate of drug-likeness (QED) is 0.442. The average molecular weight is 281 g/mol. The van der Waals surface area contributed by atoms with E-state index in [1.165, 1.54) is 38.5 Å². The number of unbranched alkanes of at least 4 members (excludes halogenated alkanes) is 2. The van der Waals surface area contributed by atoms with Crippen LogP contribution in [0.2, 0.25) is 0 Å². The molecule has 112 valence electrons. The number of ether oxygens (including phenoxy) is 1. The summed E-state index contributed by atoms with van der Waals surface area (Å²) in [5.41, 5.74) is 0. The van der Waals surface area contributed by atoms with Gasteiger partial charge in [0, 0.05) is 6.61 Å². The molecule has 0 aromatic heterocycles. The lowest BCUT2D eigenvalue weighted by Gasteiger charge is -2.17. The normalized spacial score (nSPS) is 13.7. The van der Waals surface area contributed by atoms with Gasteiger partial charge in [0.15, 0.2) is 0 Å². The van der Waals surface area contributed by atoms with E-state index in [0.717, 1.165) is 6.61 Å². The molecule has 0 aromatic rings. The minimum atomic E-state index is -0.514. The van der Waals surface area contributed by atoms with E-state index in [4.69, 9.17) is 16.3 Å². The number of aliphatic hydroxyl groups excluding tert-OH is 1. The molecule has 0 saturated heterocycles. The van der Waals surface area contributed by atoms with Crippen LogP contribution in [0.15, 0.2) is 0 Å². The predicted octanol–water partition coefficient (Wildman–Crippen LogP) is 4.63. The van der Waals surface area contributed by atoms with Gasteiger partial charge in [0.2, 0.25) is 0 Å². The van der Waals surface area contributed by atoms with Crippen LogP contribution < -0.4 is 0 Å². The van der Waals surface area contributed by atoms with Gasteiger partial charge in [-0.2, -0.15) is 0 Å². The van der Waals surface area contributed by atoms with E-state index >= 15 is 0 Å². The van der Waals surface area contributed by atoms with Crippen LogP contribution in [0.3, 0.4) is 0 Å². The van der Waals surface area contributed by atoms with Crippen molar-refractivity contribution in [2.75, 3.05) is 19.1 Å². The van der Waals surface area contributed by atoms with Gasteiger partial charge in [0.1, 0.15) is 0 Å². The zero-order valence-electron chi connectivity index (χ0n) is 12.8. The van der Waals surface area contributed by atoms with Gasteiger partial charge in [-0.25, -0.2) is 0 Å². The second-order valence-corrected chi connectivity index (χ2v) is 4.80. The Hall–Kier alpha value is 0.210. The Morgan fingerprint density at radius 2 is 1.67 bits per heavy atom. The third-order valence-corrected chi connectivity index (χ3v) is 3.11. The van der Waals surface area contributed by atoms with Gasteiger partial charge in [0.05, 0.1) is 18.6 Å². The fraction of sp³-hybridized carbons (Fsp3) is 1.00. The summed E-state index contributed by atoms with van der Waals surface area (Å²) in [6, 6.07) is 0. The van der Waals surface area contributed by atoms with E-state index in [-0.39, 0.29) is 5.88 Å². The molecule has 0 heterocycles. The number of halogens is 1. The van der Waals surface area contributed by atoms with E-state index in [1.807, 2.05) is 13.8 Å².